The van der Waals surface area contributed by atoms with Crippen molar-refractivity contribution in [2.24, 2.45) is 0 Å². The summed E-state index contributed by atoms with van der Waals surface area (Å²) < 4.78 is 12.7. The highest BCUT2D eigenvalue weighted by Crippen LogP contribution is 2.19. The van der Waals surface area contributed by atoms with Crippen molar-refractivity contribution >= 4 is 5.91 Å². The number of amides is 1. The molecule has 1 aromatic rings. The Morgan fingerprint density at radius 1 is 1.33 bits per heavy atom. The summed E-state index contributed by atoms with van der Waals surface area (Å²) in [6, 6.07) is 5.91. The van der Waals surface area contributed by atoms with Crippen molar-refractivity contribution in [2.75, 3.05) is 0 Å². The van der Waals surface area contributed by atoms with E-state index in [1.165, 1.54) is 12.1 Å². The number of hydrogen-bond acceptors (Lipinski definition) is 2. The van der Waals surface area contributed by atoms with Gasteiger partial charge in [-0.3, -0.25) is 4.79 Å². The summed E-state index contributed by atoms with van der Waals surface area (Å²) >= 11 is 0. The van der Waals surface area contributed by atoms with Crippen LogP contribution in [-0.2, 0) is 4.79 Å². The van der Waals surface area contributed by atoms with Gasteiger partial charge in [-0.05, 0) is 44.4 Å². The SMILES string of the molecule is CC(C)NC(=O)CCCC(O)c1ccc(F)cc1. The molecule has 0 radical (unpaired) electrons. The number of halogens is 1. The molecule has 0 heterocycles. The van der Waals surface area contributed by atoms with Crippen LogP contribution in [0.4, 0.5) is 4.39 Å². The van der Waals surface area contributed by atoms with Gasteiger partial charge in [0.05, 0.1) is 6.10 Å². The third-order valence-corrected chi connectivity index (χ3v) is 2.59. The zero-order chi connectivity index (χ0) is 13.5. The fraction of sp³-hybridized carbons (Fsp3) is 0.500. The van der Waals surface area contributed by atoms with Gasteiger partial charge in [0.25, 0.3) is 0 Å². The summed E-state index contributed by atoms with van der Waals surface area (Å²) in [7, 11) is 0. The Bertz CT molecular complexity index is 376. The van der Waals surface area contributed by atoms with Crippen molar-refractivity contribution in [1.29, 1.82) is 0 Å². The number of nitrogens with one attached hydrogen (secondary N) is 1. The van der Waals surface area contributed by atoms with E-state index in [0.29, 0.717) is 24.8 Å². The number of benzene rings is 1. The maximum absolute atomic E-state index is 12.7. The van der Waals surface area contributed by atoms with Crippen molar-refractivity contribution in [1.82, 2.24) is 5.32 Å². The molecule has 1 unspecified atom stereocenters. The third kappa shape index (κ3) is 5.27. The molecule has 0 saturated heterocycles. The third-order valence-electron chi connectivity index (χ3n) is 2.59. The first kappa shape index (κ1) is 14.6. The highest BCUT2D eigenvalue weighted by Gasteiger charge is 2.09. The van der Waals surface area contributed by atoms with Gasteiger partial charge in [-0.15, -0.1) is 0 Å². The Balaban J connectivity index is 2.31. The average Bonchev–Trinajstić information content (AvgIpc) is 2.28. The average molecular weight is 253 g/mol. The molecule has 18 heavy (non-hydrogen) atoms. The molecule has 0 saturated carbocycles. The van der Waals surface area contributed by atoms with Gasteiger partial charge in [-0.1, -0.05) is 12.1 Å². The Labute approximate surface area is 107 Å². The molecular formula is C14H20FNO2. The predicted molar refractivity (Wildman–Crippen MR) is 68.5 cm³/mol. The predicted octanol–water partition coefficient (Wildman–Crippen LogP) is 2.55. The van der Waals surface area contributed by atoms with Gasteiger partial charge in [0.2, 0.25) is 5.91 Å². The van der Waals surface area contributed by atoms with Gasteiger partial charge >= 0.3 is 0 Å². The Morgan fingerprint density at radius 2 is 1.94 bits per heavy atom. The van der Waals surface area contributed by atoms with Crippen molar-refractivity contribution in [3.8, 4) is 0 Å². The minimum atomic E-state index is -0.641. The Kier molecular flexibility index (Phi) is 5.78. The van der Waals surface area contributed by atoms with Crippen molar-refractivity contribution in [3.05, 3.63) is 35.6 Å². The quantitative estimate of drug-likeness (QED) is 0.818. The highest BCUT2D eigenvalue weighted by atomic mass is 19.1. The molecule has 4 heteroatoms. The smallest absolute Gasteiger partial charge is 0.220 e. The van der Waals surface area contributed by atoms with E-state index in [1.54, 1.807) is 12.1 Å². The van der Waals surface area contributed by atoms with E-state index in [2.05, 4.69) is 5.32 Å². The molecule has 0 fully saturated rings. The number of hydrogen-bond donors (Lipinski definition) is 2. The molecule has 0 bridgehead atoms. The molecule has 100 valence electrons. The van der Waals surface area contributed by atoms with Gasteiger partial charge in [0.1, 0.15) is 5.82 Å². The van der Waals surface area contributed by atoms with Crippen LogP contribution >= 0.6 is 0 Å². The van der Waals surface area contributed by atoms with Gasteiger partial charge in [-0.25, -0.2) is 4.39 Å². The minimum absolute atomic E-state index is 0.00342. The summed E-state index contributed by atoms with van der Waals surface area (Å²) in [4.78, 5) is 11.4. The van der Waals surface area contributed by atoms with E-state index in [4.69, 9.17) is 0 Å². The van der Waals surface area contributed by atoms with Gasteiger partial charge in [0.15, 0.2) is 0 Å². The number of carbonyl (C=O) groups excluding carboxylic acids is 1. The normalized spacial score (nSPS) is 12.5. The van der Waals surface area contributed by atoms with E-state index in [0.717, 1.165) is 0 Å². The number of rotatable bonds is 6. The molecule has 1 amide bonds. The Hall–Kier alpha value is -1.42. The molecule has 1 aromatic carbocycles. The molecule has 0 aromatic heterocycles. The number of aliphatic hydroxyl groups is 1. The number of aliphatic hydroxyl groups excluding tert-OH is 1. The molecular weight excluding hydrogens is 233 g/mol. The second kappa shape index (κ2) is 7.11. The lowest BCUT2D eigenvalue weighted by molar-refractivity contribution is -0.121. The zero-order valence-electron chi connectivity index (χ0n) is 10.8. The molecule has 0 aliphatic heterocycles. The first-order valence-corrected chi connectivity index (χ1v) is 6.22. The lowest BCUT2D eigenvalue weighted by atomic mass is 10.0. The van der Waals surface area contributed by atoms with Crippen LogP contribution in [0.25, 0.3) is 0 Å². The second-order valence-electron chi connectivity index (χ2n) is 4.68. The van der Waals surface area contributed by atoms with Crippen LogP contribution < -0.4 is 5.32 Å². The van der Waals surface area contributed by atoms with E-state index in [9.17, 15) is 14.3 Å². The molecule has 2 N–H and O–H groups in total. The van der Waals surface area contributed by atoms with Crippen LogP contribution in [0.2, 0.25) is 0 Å². The lowest BCUT2D eigenvalue weighted by Gasteiger charge is -2.11. The zero-order valence-corrected chi connectivity index (χ0v) is 10.8. The number of carbonyl (C=O) groups is 1. The molecule has 1 atom stereocenters. The largest absolute Gasteiger partial charge is 0.388 e. The van der Waals surface area contributed by atoms with Crippen LogP contribution in [-0.4, -0.2) is 17.1 Å². The van der Waals surface area contributed by atoms with Crippen LogP contribution in [0.1, 0.15) is 44.8 Å². The van der Waals surface area contributed by atoms with Gasteiger partial charge < -0.3 is 10.4 Å². The van der Waals surface area contributed by atoms with Crippen molar-refractivity contribution in [3.63, 3.8) is 0 Å². The van der Waals surface area contributed by atoms with Crippen LogP contribution in [0, 0.1) is 5.82 Å². The standard InChI is InChI=1S/C14H20FNO2/c1-10(2)16-14(18)5-3-4-13(17)11-6-8-12(15)9-7-11/h6-10,13,17H,3-5H2,1-2H3,(H,16,18). The van der Waals surface area contributed by atoms with Crippen LogP contribution in [0.5, 0.6) is 0 Å². The minimum Gasteiger partial charge on any atom is -0.388 e. The van der Waals surface area contributed by atoms with E-state index < -0.39 is 6.10 Å². The topological polar surface area (TPSA) is 49.3 Å². The molecule has 0 aliphatic rings. The second-order valence-corrected chi connectivity index (χ2v) is 4.68. The summed E-state index contributed by atoms with van der Waals surface area (Å²) in [6.45, 7) is 3.82. The maximum Gasteiger partial charge on any atom is 0.220 e. The molecule has 3 nitrogen and oxygen atoms in total. The summed E-state index contributed by atoms with van der Waals surface area (Å²) in [5, 5.41) is 12.6. The van der Waals surface area contributed by atoms with Crippen LogP contribution in [0.3, 0.4) is 0 Å². The lowest BCUT2D eigenvalue weighted by Crippen LogP contribution is -2.29. The molecule has 1 rings (SSSR count). The van der Waals surface area contributed by atoms with Gasteiger partial charge in [0, 0.05) is 12.5 Å². The maximum atomic E-state index is 12.7. The van der Waals surface area contributed by atoms with Gasteiger partial charge in [-0.2, -0.15) is 0 Å². The summed E-state index contributed by atoms with van der Waals surface area (Å²) in [5.74, 6) is -0.321. The molecule has 0 spiro atoms. The highest BCUT2D eigenvalue weighted by molar-refractivity contribution is 5.76. The summed E-state index contributed by atoms with van der Waals surface area (Å²) in [5.41, 5.74) is 0.681. The first-order valence-electron chi connectivity index (χ1n) is 6.22. The van der Waals surface area contributed by atoms with E-state index >= 15 is 0 Å². The van der Waals surface area contributed by atoms with E-state index in [1.807, 2.05) is 13.8 Å². The first-order chi connectivity index (χ1) is 8.49. The fourth-order valence-electron chi connectivity index (χ4n) is 1.70. The van der Waals surface area contributed by atoms with Crippen LogP contribution in [0.15, 0.2) is 24.3 Å². The summed E-state index contributed by atoms with van der Waals surface area (Å²) in [6.07, 6.45) is 0.863. The molecule has 0 aliphatic carbocycles. The monoisotopic (exact) mass is 253 g/mol. The van der Waals surface area contributed by atoms with Crippen molar-refractivity contribution < 1.29 is 14.3 Å². The fourth-order valence-corrected chi connectivity index (χ4v) is 1.70. The Morgan fingerprint density at radius 3 is 2.50 bits per heavy atom. The van der Waals surface area contributed by atoms with E-state index in [-0.39, 0.29) is 17.8 Å². The van der Waals surface area contributed by atoms with Crippen molar-refractivity contribution in [2.45, 2.75) is 45.3 Å².